The third kappa shape index (κ3) is 6.84. The smallest absolute Gasteiger partial charge is 0.323 e. The zero-order valence-electron chi connectivity index (χ0n) is 19.5. The molecular weight excluding hydrogens is 408 g/mol. The molecule has 0 fully saturated rings. The number of anilines is 3. The third-order valence-electron chi connectivity index (χ3n) is 4.68. The SMILES string of the molecule is CCOc1nc(Nc2ccc(OC)cc2)nc(N(CCCN(C)C)Cc2ccc(C)o2)n1. The maximum Gasteiger partial charge on any atom is 0.323 e. The molecule has 1 N–H and O–H groups in total. The van der Waals surface area contributed by atoms with Gasteiger partial charge >= 0.3 is 6.01 Å². The van der Waals surface area contributed by atoms with E-state index in [9.17, 15) is 0 Å². The summed E-state index contributed by atoms with van der Waals surface area (Å²) in [6, 6.07) is 11.8. The molecule has 0 atom stereocenters. The normalized spacial score (nSPS) is 10.9. The molecule has 0 aliphatic heterocycles. The van der Waals surface area contributed by atoms with Gasteiger partial charge in [0, 0.05) is 12.2 Å². The quantitative estimate of drug-likeness (QED) is 0.451. The second-order valence-corrected chi connectivity index (χ2v) is 7.62. The lowest BCUT2D eigenvalue weighted by atomic mass is 10.3. The standard InChI is InChI=1S/C23H32N6O3/c1-6-31-23-26-21(24-18-9-12-19(30-5)13-10-18)25-22(27-23)29(15-7-14-28(3)4)16-20-11-8-17(2)32-20/h8-13H,6-7,14-16H2,1-5H3,(H,24,25,26,27). The lowest BCUT2D eigenvalue weighted by Gasteiger charge is -2.23. The van der Waals surface area contributed by atoms with Crippen molar-refractivity contribution >= 4 is 17.6 Å². The highest BCUT2D eigenvalue weighted by Gasteiger charge is 2.17. The molecule has 0 saturated carbocycles. The lowest BCUT2D eigenvalue weighted by molar-refractivity contribution is 0.311. The van der Waals surface area contributed by atoms with Crippen LogP contribution >= 0.6 is 0 Å². The fourth-order valence-electron chi connectivity index (χ4n) is 3.13. The highest BCUT2D eigenvalue weighted by Crippen LogP contribution is 2.22. The first-order valence-corrected chi connectivity index (χ1v) is 10.7. The number of aromatic nitrogens is 3. The Morgan fingerprint density at radius 2 is 1.78 bits per heavy atom. The molecule has 0 spiro atoms. The van der Waals surface area contributed by atoms with Gasteiger partial charge in [0.2, 0.25) is 11.9 Å². The molecule has 2 heterocycles. The summed E-state index contributed by atoms with van der Waals surface area (Å²) in [6.45, 7) is 6.57. The van der Waals surface area contributed by atoms with Gasteiger partial charge in [-0.25, -0.2) is 0 Å². The average molecular weight is 441 g/mol. The Morgan fingerprint density at radius 3 is 2.41 bits per heavy atom. The summed E-state index contributed by atoms with van der Waals surface area (Å²) >= 11 is 0. The van der Waals surface area contributed by atoms with Crippen molar-refractivity contribution in [2.24, 2.45) is 0 Å². The molecule has 3 aromatic rings. The van der Waals surface area contributed by atoms with Crippen molar-refractivity contribution in [1.29, 1.82) is 0 Å². The summed E-state index contributed by atoms with van der Waals surface area (Å²) in [5.74, 6) is 3.46. The number of rotatable bonds is 12. The number of benzene rings is 1. The summed E-state index contributed by atoms with van der Waals surface area (Å²) < 4.78 is 16.7. The van der Waals surface area contributed by atoms with Crippen molar-refractivity contribution in [1.82, 2.24) is 19.9 Å². The van der Waals surface area contributed by atoms with Crippen molar-refractivity contribution in [2.45, 2.75) is 26.8 Å². The Kier molecular flexibility index (Phi) is 8.27. The van der Waals surface area contributed by atoms with Crippen molar-refractivity contribution < 1.29 is 13.9 Å². The van der Waals surface area contributed by atoms with E-state index in [0.29, 0.717) is 25.0 Å². The Morgan fingerprint density at radius 1 is 1.00 bits per heavy atom. The lowest BCUT2D eigenvalue weighted by Crippen LogP contribution is -2.29. The van der Waals surface area contributed by atoms with E-state index in [-0.39, 0.29) is 6.01 Å². The monoisotopic (exact) mass is 440 g/mol. The molecule has 0 saturated heterocycles. The van der Waals surface area contributed by atoms with E-state index in [1.807, 2.05) is 50.2 Å². The molecule has 0 aliphatic carbocycles. The molecule has 1 aromatic carbocycles. The molecule has 0 unspecified atom stereocenters. The Labute approximate surface area is 189 Å². The Balaban J connectivity index is 1.87. The van der Waals surface area contributed by atoms with E-state index in [0.717, 1.165) is 42.5 Å². The zero-order valence-corrected chi connectivity index (χ0v) is 19.5. The number of hydrogen-bond donors (Lipinski definition) is 1. The van der Waals surface area contributed by atoms with Crippen LogP contribution in [0.5, 0.6) is 11.8 Å². The maximum absolute atomic E-state index is 5.81. The largest absolute Gasteiger partial charge is 0.497 e. The highest BCUT2D eigenvalue weighted by molar-refractivity contribution is 5.55. The number of furan rings is 1. The second kappa shape index (κ2) is 11.3. The second-order valence-electron chi connectivity index (χ2n) is 7.62. The van der Waals surface area contributed by atoms with Crippen molar-refractivity contribution in [3.05, 3.63) is 47.9 Å². The topological polar surface area (TPSA) is 88.8 Å². The van der Waals surface area contributed by atoms with Crippen LogP contribution in [0.4, 0.5) is 17.6 Å². The molecule has 0 aliphatic rings. The Hall–Kier alpha value is -3.33. The average Bonchev–Trinajstić information content (AvgIpc) is 3.18. The van der Waals surface area contributed by atoms with E-state index < -0.39 is 0 Å². The van der Waals surface area contributed by atoms with Gasteiger partial charge in [-0.1, -0.05) is 0 Å². The number of methoxy groups -OCH3 is 1. The van der Waals surface area contributed by atoms with Crippen LogP contribution in [-0.2, 0) is 6.54 Å². The van der Waals surface area contributed by atoms with Gasteiger partial charge in [0.25, 0.3) is 0 Å². The van der Waals surface area contributed by atoms with Crippen LogP contribution in [0, 0.1) is 6.92 Å². The molecule has 0 amide bonds. The van der Waals surface area contributed by atoms with E-state index >= 15 is 0 Å². The molecule has 9 nitrogen and oxygen atoms in total. The summed E-state index contributed by atoms with van der Waals surface area (Å²) in [7, 11) is 5.76. The summed E-state index contributed by atoms with van der Waals surface area (Å²) in [5.41, 5.74) is 0.839. The number of hydrogen-bond acceptors (Lipinski definition) is 9. The van der Waals surface area contributed by atoms with Crippen LogP contribution in [0.1, 0.15) is 24.9 Å². The van der Waals surface area contributed by atoms with E-state index in [2.05, 4.69) is 44.2 Å². The summed E-state index contributed by atoms with van der Waals surface area (Å²) in [6.07, 6.45) is 0.948. The predicted octanol–water partition coefficient (Wildman–Crippen LogP) is 3.88. The first kappa shape index (κ1) is 23.3. The van der Waals surface area contributed by atoms with E-state index in [1.165, 1.54) is 0 Å². The fraction of sp³-hybridized carbons (Fsp3) is 0.435. The van der Waals surface area contributed by atoms with Gasteiger partial charge in [-0.05, 0) is 77.3 Å². The predicted molar refractivity (Wildman–Crippen MR) is 125 cm³/mol. The number of nitrogens with one attached hydrogen (secondary N) is 1. The van der Waals surface area contributed by atoms with Gasteiger partial charge in [-0.3, -0.25) is 0 Å². The minimum atomic E-state index is 0.279. The molecule has 0 radical (unpaired) electrons. The van der Waals surface area contributed by atoms with E-state index in [1.54, 1.807) is 7.11 Å². The van der Waals surface area contributed by atoms with Gasteiger partial charge < -0.3 is 29.0 Å². The molecule has 0 bridgehead atoms. The van der Waals surface area contributed by atoms with E-state index in [4.69, 9.17) is 13.9 Å². The Bertz CT molecular complexity index is 974. The molecule has 32 heavy (non-hydrogen) atoms. The van der Waals surface area contributed by atoms with Crippen LogP contribution in [-0.4, -0.2) is 60.8 Å². The highest BCUT2D eigenvalue weighted by atomic mass is 16.5. The molecular formula is C23H32N6O3. The fourth-order valence-corrected chi connectivity index (χ4v) is 3.13. The van der Waals surface area contributed by atoms with Gasteiger partial charge in [0.15, 0.2) is 0 Å². The number of ether oxygens (including phenoxy) is 2. The summed E-state index contributed by atoms with van der Waals surface area (Å²) in [5, 5.41) is 3.24. The zero-order chi connectivity index (χ0) is 22.9. The van der Waals surface area contributed by atoms with Crippen LogP contribution in [0.2, 0.25) is 0 Å². The van der Waals surface area contributed by atoms with Crippen molar-refractivity contribution in [3.63, 3.8) is 0 Å². The molecule has 9 heteroatoms. The number of nitrogens with zero attached hydrogens (tertiary/aromatic N) is 5. The van der Waals surface area contributed by atoms with Crippen molar-refractivity contribution in [3.8, 4) is 11.8 Å². The van der Waals surface area contributed by atoms with Crippen LogP contribution in [0.3, 0.4) is 0 Å². The minimum absolute atomic E-state index is 0.279. The minimum Gasteiger partial charge on any atom is -0.497 e. The van der Waals surface area contributed by atoms with Crippen molar-refractivity contribution in [2.75, 3.05) is 51.1 Å². The van der Waals surface area contributed by atoms with Gasteiger partial charge in [-0.15, -0.1) is 0 Å². The first-order valence-electron chi connectivity index (χ1n) is 10.7. The van der Waals surface area contributed by atoms with Crippen LogP contribution < -0.4 is 19.7 Å². The molecule has 3 rings (SSSR count). The van der Waals surface area contributed by atoms with Gasteiger partial charge in [0.1, 0.15) is 17.3 Å². The van der Waals surface area contributed by atoms with Gasteiger partial charge in [0.05, 0.1) is 20.3 Å². The number of aryl methyl sites for hydroxylation is 1. The van der Waals surface area contributed by atoms with Crippen LogP contribution in [0.25, 0.3) is 0 Å². The maximum atomic E-state index is 5.81. The molecule has 2 aromatic heterocycles. The summed E-state index contributed by atoms with van der Waals surface area (Å²) in [4.78, 5) is 17.9. The first-order chi connectivity index (χ1) is 15.5. The molecule has 172 valence electrons. The van der Waals surface area contributed by atoms with Crippen LogP contribution in [0.15, 0.2) is 40.8 Å². The van der Waals surface area contributed by atoms with Gasteiger partial charge in [-0.2, -0.15) is 15.0 Å². The third-order valence-corrected chi connectivity index (χ3v) is 4.68.